The number of amides is 1. The molecule has 0 unspecified atom stereocenters. The summed E-state index contributed by atoms with van der Waals surface area (Å²) in [4.78, 5) is 30.2. The predicted octanol–water partition coefficient (Wildman–Crippen LogP) is 4.13. The molecular formula is C16H15ClF3N3O2S. The maximum absolute atomic E-state index is 13.0. The average Bonchev–Trinajstić information content (AvgIpc) is 2.53. The lowest BCUT2D eigenvalue weighted by atomic mass is 10.1. The summed E-state index contributed by atoms with van der Waals surface area (Å²) in [6.45, 7) is 1.94. The molecule has 0 bridgehead atoms. The van der Waals surface area contributed by atoms with Gasteiger partial charge in [0.25, 0.3) is 5.56 Å². The molecule has 0 fully saturated rings. The van der Waals surface area contributed by atoms with Crippen molar-refractivity contribution in [3.05, 3.63) is 50.9 Å². The molecule has 0 radical (unpaired) electrons. The molecule has 0 aliphatic rings. The quantitative estimate of drug-likeness (QED) is 0.560. The van der Waals surface area contributed by atoms with Gasteiger partial charge in [0.1, 0.15) is 0 Å². The first kappa shape index (κ1) is 20.3. The van der Waals surface area contributed by atoms with Crippen LogP contribution in [0.1, 0.15) is 24.6 Å². The van der Waals surface area contributed by atoms with Crippen molar-refractivity contribution in [1.82, 2.24) is 9.97 Å². The van der Waals surface area contributed by atoms with E-state index in [0.29, 0.717) is 12.1 Å². The molecule has 10 heteroatoms. The zero-order valence-corrected chi connectivity index (χ0v) is 15.2. The van der Waals surface area contributed by atoms with Crippen LogP contribution in [0.25, 0.3) is 0 Å². The number of aryl methyl sites for hydroxylation is 1. The predicted molar refractivity (Wildman–Crippen MR) is 94.7 cm³/mol. The summed E-state index contributed by atoms with van der Waals surface area (Å²) in [5, 5.41) is 2.37. The summed E-state index contributed by atoms with van der Waals surface area (Å²) in [7, 11) is 0. The SMILES string of the molecule is CCCc1cc(=O)[nH]c(SCC(=O)Nc2ccc(Cl)cc2C(F)(F)F)n1. The van der Waals surface area contributed by atoms with Gasteiger partial charge in [0.2, 0.25) is 5.91 Å². The van der Waals surface area contributed by atoms with Gasteiger partial charge in [0.05, 0.1) is 17.0 Å². The highest BCUT2D eigenvalue weighted by atomic mass is 35.5. The molecule has 5 nitrogen and oxygen atoms in total. The number of rotatable bonds is 6. The van der Waals surface area contributed by atoms with Crippen LogP contribution in [-0.2, 0) is 17.4 Å². The van der Waals surface area contributed by atoms with Crippen molar-refractivity contribution in [2.24, 2.45) is 0 Å². The number of hydrogen-bond acceptors (Lipinski definition) is 4. The van der Waals surface area contributed by atoms with Gasteiger partial charge in [0, 0.05) is 16.8 Å². The van der Waals surface area contributed by atoms with E-state index >= 15 is 0 Å². The largest absolute Gasteiger partial charge is 0.418 e. The molecule has 140 valence electrons. The van der Waals surface area contributed by atoms with E-state index in [1.54, 1.807) is 0 Å². The van der Waals surface area contributed by atoms with Gasteiger partial charge < -0.3 is 10.3 Å². The molecule has 0 atom stereocenters. The first-order chi connectivity index (χ1) is 12.2. The first-order valence-corrected chi connectivity index (χ1v) is 8.95. The number of halogens is 4. The minimum absolute atomic E-state index is 0.0841. The standard InChI is InChI=1S/C16H15ClF3N3O2S/c1-2-3-10-7-13(24)23-15(21-10)26-8-14(25)22-12-5-4-9(17)6-11(12)16(18,19)20/h4-7H,2-3,8H2,1H3,(H,22,25)(H,21,23,24). The minimum atomic E-state index is -4.65. The highest BCUT2D eigenvalue weighted by Gasteiger charge is 2.34. The second kappa shape index (κ2) is 8.59. The fraction of sp³-hybridized carbons (Fsp3) is 0.312. The smallest absolute Gasteiger partial charge is 0.325 e. The molecule has 1 heterocycles. The summed E-state index contributed by atoms with van der Waals surface area (Å²) < 4.78 is 39.1. The van der Waals surface area contributed by atoms with Crippen LogP contribution < -0.4 is 10.9 Å². The molecule has 0 aliphatic carbocycles. The molecule has 2 N–H and O–H groups in total. The zero-order valence-electron chi connectivity index (χ0n) is 13.6. The van der Waals surface area contributed by atoms with Crippen molar-refractivity contribution in [3.8, 4) is 0 Å². The van der Waals surface area contributed by atoms with E-state index in [0.717, 1.165) is 30.3 Å². The Balaban J connectivity index is 2.07. The number of H-pyrrole nitrogens is 1. The third-order valence-electron chi connectivity index (χ3n) is 3.18. The second-order valence-corrected chi connectivity index (χ2v) is 6.72. The number of carbonyl (C=O) groups excluding carboxylic acids is 1. The van der Waals surface area contributed by atoms with E-state index < -0.39 is 17.6 Å². The molecule has 0 aliphatic heterocycles. The van der Waals surface area contributed by atoms with E-state index in [1.807, 2.05) is 6.92 Å². The minimum Gasteiger partial charge on any atom is -0.325 e. The van der Waals surface area contributed by atoms with Crippen LogP contribution in [0, 0.1) is 0 Å². The van der Waals surface area contributed by atoms with Gasteiger partial charge in [-0.15, -0.1) is 0 Å². The Kier molecular flexibility index (Phi) is 6.71. The van der Waals surface area contributed by atoms with Crippen LogP contribution in [0.2, 0.25) is 5.02 Å². The number of anilines is 1. The molecule has 26 heavy (non-hydrogen) atoms. The number of carbonyl (C=O) groups is 1. The molecular weight excluding hydrogens is 391 g/mol. The normalized spacial score (nSPS) is 11.4. The van der Waals surface area contributed by atoms with Gasteiger partial charge in [-0.3, -0.25) is 9.59 Å². The van der Waals surface area contributed by atoms with E-state index in [9.17, 15) is 22.8 Å². The van der Waals surface area contributed by atoms with Crippen LogP contribution in [0.15, 0.2) is 34.2 Å². The molecule has 1 aromatic heterocycles. The number of benzene rings is 1. The number of alkyl halides is 3. The van der Waals surface area contributed by atoms with Crippen LogP contribution in [0.5, 0.6) is 0 Å². The van der Waals surface area contributed by atoms with Gasteiger partial charge in [0.15, 0.2) is 5.16 Å². The molecule has 2 aromatic rings. The number of aromatic amines is 1. The highest BCUT2D eigenvalue weighted by Crippen LogP contribution is 2.36. The second-order valence-electron chi connectivity index (χ2n) is 5.32. The Labute approximate surface area is 156 Å². The lowest BCUT2D eigenvalue weighted by Gasteiger charge is -2.14. The number of thioether (sulfide) groups is 1. The lowest BCUT2D eigenvalue weighted by molar-refractivity contribution is -0.137. The van der Waals surface area contributed by atoms with Gasteiger partial charge in [-0.1, -0.05) is 36.7 Å². The van der Waals surface area contributed by atoms with Gasteiger partial charge in [-0.05, 0) is 24.6 Å². The maximum Gasteiger partial charge on any atom is 0.418 e. The Morgan fingerprint density at radius 2 is 2.08 bits per heavy atom. The van der Waals surface area contributed by atoms with Gasteiger partial charge >= 0.3 is 6.18 Å². The van der Waals surface area contributed by atoms with Gasteiger partial charge in [-0.2, -0.15) is 13.2 Å². The molecule has 0 saturated heterocycles. The number of hydrogen-bond donors (Lipinski definition) is 2. The lowest BCUT2D eigenvalue weighted by Crippen LogP contribution is -2.19. The van der Waals surface area contributed by atoms with E-state index in [4.69, 9.17) is 11.6 Å². The van der Waals surface area contributed by atoms with Crippen molar-refractivity contribution in [2.75, 3.05) is 11.1 Å². The molecule has 1 aromatic carbocycles. The topological polar surface area (TPSA) is 74.8 Å². The fourth-order valence-corrected chi connectivity index (χ4v) is 2.98. The fourth-order valence-electron chi connectivity index (χ4n) is 2.12. The number of aromatic nitrogens is 2. The van der Waals surface area contributed by atoms with Crippen molar-refractivity contribution < 1.29 is 18.0 Å². The van der Waals surface area contributed by atoms with Gasteiger partial charge in [-0.25, -0.2) is 4.98 Å². The first-order valence-electron chi connectivity index (χ1n) is 7.58. The molecule has 1 amide bonds. The van der Waals surface area contributed by atoms with Crippen molar-refractivity contribution >= 4 is 35.0 Å². The third-order valence-corrected chi connectivity index (χ3v) is 4.29. The van der Waals surface area contributed by atoms with Crippen LogP contribution in [0.4, 0.5) is 18.9 Å². The zero-order chi connectivity index (χ0) is 19.3. The summed E-state index contributed by atoms with van der Waals surface area (Å²) in [6, 6.07) is 4.47. The van der Waals surface area contributed by atoms with Crippen molar-refractivity contribution in [1.29, 1.82) is 0 Å². The summed E-state index contributed by atoms with van der Waals surface area (Å²) >= 11 is 6.53. The molecule has 2 rings (SSSR count). The van der Waals surface area contributed by atoms with Crippen molar-refractivity contribution in [2.45, 2.75) is 31.1 Å². The molecule has 0 spiro atoms. The monoisotopic (exact) mass is 405 g/mol. The van der Waals surface area contributed by atoms with E-state index in [1.165, 1.54) is 12.1 Å². The third kappa shape index (κ3) is 5.77. The average molecular weight is 406 g/mol. The van der Waals surface area contributed by atoms with Crippen LogP contribution in [0.3, 0.4) is 0 Å². The van der Waals surface area contributed by atoms with Crippen molar-refractivity contribution in [3.63, 3.8) is 0 Å². The van der Waals surface area contributed by atoms with Crippen LogP contribution >= 0.6 is 23.4 Å². The Hall–Kier alpha value is -2.00. The molecule has 0 saturated carbocycles. The maximum atomic E-state index is 13.0. The van der Waals surface area contributed by atoms with Crippen LogP contribution in [-0.4, -0.2) is 21.6 Å². The van der Waals surface area contributed by atoms with E-state index in [-0.39, 0.29) is 27.2 Å². The number of nitrogens with one attached hydrogen (secondary N) is 2. The number of nitrogens with zero attached hydrogens (tertiary/aromatic N) is 1. The van der Waals surface area contributed by atoms with E-state index in [2.05, 4.69) is 15.3 Å². The Bertz CT molecular complexity index is 855. The Morgan fingerprint density at radius 3 is 2.73 bits per heavy atom. The summed E-state index contributed by atoms with van der Waals surface area (Å²) in [5.74, 6) is -0.871. The summed E-state index contributed by atoms with van der Waals surface area (Å²) in [5.41, 5.74) is -1.16. The Morgan fingerprint density at radius 1 is 1.35 bits per heavy atom. The highest BCUT2D eigenvalue weighted by molar-refractivity contribution is 7.99. The summed E-state index contributed by atoms with van der Waals surface area (Å²) in [6.07, 6.45) is -3.23.